The molecule has 6 nitrogen and oxygen atoms in total. The van der Waals surface area contributed by atoms with Gasteiger partial charge in [0, 0.05) is 24.8 Å². The van der Waals surface area contributed by atoms with Gasteiger partial charge in [-0.15, -0.1) is 10.2 Å². The van der Waals surface area contributed by atoms with Gasteiger partial charge in [0.15, 0.2) is 5.82 Å². The van der Waals surface area contributed by atoms with Crippen LogP contribution in [0.15, 0.2) is 30.6 Å². The number of benzene rings is 1. The highest BCUT2D eigenvalue weighted by molar-refractivity contribution is 5.95. The molecule has 3 N–H and O–H groups in total. The summed E-state index contributed by atoms with van der Waals surface area (Å²) in [7, 11) is 1.88. The molecule has 0 radical (unpaired) electrons. The van der Waals surface area contributed by atoms with Gasteiger partial charge in [-0.25, -0.2) is 0 Å². The van der Waals surface area contributed by atoms with E-state index in [9.17, 15) is 4.79 Å². The Balaban J connectivity index is 2.23. The second-order valence-electron chi connectivity index (χ2n) is 5.42. The molecule has 0 saturated carbocycles. The standard InChI is InChI=1S/C15H21N5O/c1-4-15(2,9-16)14(21)18-12-7-5-6-11(8-12)13-19-17-10-20(13)3/h5-8,10H,4,9,16H2,1-3H3,(H,18,21). The average Bonchev–Trinajstić information content (AvgIpc) is 2.92. The van der Waals surface area contributed by atoms with E-state index >= 15 is 0 Å². The van der Waals surface area contributed by atoms with E-state index in [1.165, 1.54) is 0 Å². The maximum atomic E-state index is 12.3. The van der Waals surface area contributed by atoms with Crippen LogP contribution in [0.25, 0.3) is 11.4 Å². The number of aromatic nitrogens is 3. The van der Waals surface area contributed by atoms with Crippen molar-refractivity contribution in [3.63, 3.8) is 0 Å². The van der Waals surface area contributed by atoms with Crippen molar-refractivity contribution in [2.75, 3.05) is 11.9 Å². The monoisotopic (exact) mass is 287 g/mol. The van der Waals surface area contributed by atoms with Crippen molar-refractivity contribution in [2.45, 2.75) is 20.3 Å². The molecule has 0 aliphatic heterocycles. The van der Waals surface area contributed by atoms with Crippen LogP contribution in [0.2, 0.25) is 0 Å². The Labute approximate surface area is 124 Å². The minimum absolute atomic E-state index is 0.0670. The zero-order valence-electron chi connectivity index (χ0n) is 12.6. The Kier molecular flexibility index (Phi) is 4.37. The first-order chi connectivity index (χ1) is 10.00. The van der Waals surface area contributed by atoms with Crippen LogP contribution in [0.4, 0.5) is 5.69 Å². The van der Waals surface area contributed by atoms with E-state index in [2.05, 4.69) is 15.5 Å². The quantitative estimate of drug-likeness (QED) is 0.878. The molecule has 0 bridgehead atoms. The maximum absolute atomic E-state index is 12.3. The van der Waals surface area contributed by atoms with E-state index in [0.29, 0.717) is 13.0 Å². The summed E-state index contributed by atoms with van der Waals surface area (Å²) in [6, 6.07) is 7.55. The molecule has 1 heterocycles. The predicted molar refractivity (Wildman–Crippen MR) is 82.5 cm³/mol. The highest BCUT2D eigenvalue weighted by Gasteiger charge is 2.29. The molecule has 0 saturated heterocycles. The molecule has 1 unspecified atom stereocenters. The first-order valence-electron chi connectivity index (χ1n) is 6.96. The van der Waals surface area contributed by atoms with E-state index in [1.807, 2.05) is 49.7 Å². The zero-order valence-corrected chi connectivity index (χ0v) is 12.6. The lowest BCUT2D eigenvalue weighted by Gasteiger charge is -2.25. The number of hydrogen-bond donors (Lipinski definition) is 2. The molecule has 0 spiro atoms. The number of nitrogens with zero attached hydrogens (tertiary/aromatic N) is 3. The van der Waals surface area contributed by atoms with Gasteiger partial charge in [-0.2, -0.15) is 0 Å². The minimum Gasteiger partial charge on any atom is -0.329 e. The third-order valence-electron chi connectivity index (χ3n) is 3.87. The minimum atomic E-state index is -0.555. The number of aryl methyl sites for hydroxylation is 1. The van der Waals surface area contributed by atoms with Gasteiger partial charge in [-0.1, -0.05) is 19.1 Å². The molecule has 2 rings (SSSR count). The number of carbonyl (C=O) groups is 1. The van der Waals surface area contributed by atoms with Gasteiger partial charge in [-0.3, -0.25) is 4.79 Å². The Hall–Kier alpha value is -2.21. The van der Waals surface area contributed by atoms with Crippen LogP contribution in [0.5, 0.6) is 0 Å². The van der Waals surface area contributed by atoms with Crippen molar-refractivity contribution >= 4 is 11.6 Å². The predicted octanol–water partition coefficient (Wildman–Crippen LogP) is 1.80. The molecule has 0 fully saturated rings. The SMILES string of the molecule is CCC(C)(CN)C(=O)Nc1cccc(-c2nncn2C)c1. The van der Waals surface area contributed by atoms with Gasteiger partial charge in [0.2, 0.25) is 5.91 Å². The summed E-state index contributed by atoms with van der Waals surface area (Å²) in [6.07, 6.45) is 2.33. The van der Waals surface area contributed by atoms with Gasteiger partial charge in [0.1, 0.15) is 6.33 Å². The molecule has 0 aliphatic carbocycles. The number of nitrogens with two attached hydrogens (primary N) is 1. The number of anilines is 1. The summed E-state index contributed by atoms with van der Waals surface area (Å²) >= 11 is 0. The van der Waals surface area contributed by atoms with Crippen LogP contribution in [0.3, 0.4) is 0 Å². The summed E-state index contributed by atoms with van der Waals surface area (Å²) in [5.74, 6) is 0.686. The molecule has 1 atom stereocenters. The lowest BCUT2D eigenvalue weighted by molar-refractivity contribution is -0.124. The molecule has 112 valence electrons. The van der Waals surface area contributed by atoms with Crippen molar-refractivity contribution in [3.05, 3.63) is 30.6 Å². The Morgan fingerprint density at radius 2 is 2.24 bits per heavy atom. The second kappa shape index (κ2) is 6.05. The van der Waals surface area contributed by atoms with Crippen molar-refractivity contribution in [1.29, 1.82) is 0 Å². The Morgan fingerprint density at radius 1 is 1.48 bits per heavy atom. The molecule has 2 aromatic rings. The summed E-state index contributed by atoms with van der Waals surface area (Å²) in [5, 5.41) is 10.9. The highest BCUT2D eigenvalue weighted by Crippen LogP contribution is 2.24. The summed E-state index contributed by atoms with van der Waals surface area (Å²) in [6.45, 7) is 4.15. The lowest BCUT2D eigenvalue weighted by atomic mass is 9.86. The third-order valence-corrected chi connectivity index (χ3v) is 3.87. The van der Waals surface area contributed by atoms with Crippen LogP contribution < -0.4 is 11.1 Å². The molecule has 1 amide bonds. The number of rotatable bonds is 5. The van der Waals surface area contributed by atoms with E-state index in [-0.39, 0.29) is 5.91 Å². The molecule has 1 aromatic carbocycles. The second-order valence-corrected chi connectivity index (χ2v) is 5.42. The van der Waals surface area contributed by atoms with Crippen molar-refractivity contribution in [3.8, 4) is 11.4 Å². The van der Waals surface area contributed by atoms with Crippen LogP contribution in [-0.2, 0) is 11.8 Å². The van der Waals surface area contributed by atoms with Gasteiger partial charge < -0.3 is 15.6 Å². The van der Waals surface area contributed by atoms with E-state index in [1.54, 1.807) is 6.33 Å². The fourth-order valence-corrected chi connectivity index (χ4v) is 1.96. The van der Waals surface area contributed by atoms with Gasteiger partial charge >= 0.3 is 0 Å². The molecule has 1 aromatic heterocycles. The number of amides is 1. The molecule has 6 heteroatoms. The van der Waals surface area contributed by atoms with Crippen molar-refractivity contribution < 1.29 is 4.79 Å². The van der Waals surface area contributed by atoms with Gasteiger partial charge in [0.05, 0.1) is 5.41 Å². The molecular weight excluding hydrogens is 266 g/mol. The van der Waals surface area contributed by atoms with Crippen LogP contribution >= 0.6 is 0 Å². The van der Waals surface area contributed by atoms with E-state index < -0.39 is 5.41 Å². The van der Waals surface area contributed by atoms with Crippen molar-refractivity contribution in [2.24, 2.45) is 18.2 Å². The lowest BCUT2D eigenvalue weighted by Crippen LogP contribution is -2.39. The van der Waals surface area contributed by atoms with Gasteiger partial charge in [0.25, 0.3) is 0 Å². The van der Waals surface area contributed by atoms with E-state index in [0.717, 1.165) is 17.1 Å². The smallest absolute Gasteiger partial charge is 0.231 e. The highest BCUT2D eigenvalue weighted by atomic mass is 16.2. The first-order valence-corrected chi connectivity index (χ1v) is 6.96. The van der Waals surface area contributed by atoms with E-state index in [4.69, 9.17) is 5.73 Å². The number of hydrogen-bond acceptors (Lipinski definition) is 4. The summed E-state index contributed by atoms with van der Waals surface area (Å²) < 4.78 is 1.83. The number of nitrogens with one attached hydrogen (secondary N) is 1. The summed E-state index contributed by atoms with van der Waals surface area (Å²) in [5.41, 5.74) is 6.79. The first kappa shape index (κ1) is 15.2. The van der Waals surface area contributed by atoms with Crippen LogP contribution in [0, 0.1) is 5.41 Å². The van der Waals surface area contributed by atoms with Crippen LogP contribution in [0.1, 0.15) is 20.3 Å². The fraction of sp³-hybridized carbons (Fsp3) is 0.400. The fourth-order valence-electron chi connectivity index (χ4n) is 1.96. The normalized spacial score (nSPS) is 13.7. The Morgan fingerprint density at radius 3 is 2.81 bits per heavy atom. The molecule has 21 heavy (non-hydrogen) atoms. The topological polar surface area (TPSA) is 85.8 Å². The zero-order chi connectivity index (χ0) is 15.5. The Bertz CT molecular complexity index is 630. The average molecular weight is 287 g/mol. The largest absolute Gasteiger partial charge is 0.329 e. The number of carbonyl (C=O) groups excluding carboxylic acids is 1. The summed E-state index contributed by atoms with van der Waals surface area (Å²) in [4.78, 5) is 12.3. The maximum Gasteiger partial charge on any atom is 0.231 e. The van der Waals surface area contributed by atoms with Crippen molar-refractivity contribution in [1.82, 2.24) is 14.8 Å². The molecular formula is C15H21N5O. The third kappa shape index (κ3) is 3.11. The van der Waals surface area contributed by atoms with Crippen LogP contribution in [-0.4, -0.2) is 27.2 Å². The van der Waals surface area contributed by atoms with Gasteiger partial charge in [-0.05, 0) is 25.5 Å². The molecule has 0 aliphatic rings.